The van der Waals surface area contributed by atoms with Gasteiger partial charge < -0.3 is 5.73 Å². The van der Waals surface area contributed by atoms with Gasteiger partial charge in [-0.05, 0) is 26.2 Å². The Morgan fingerprint density at radius 1 is 0.556 bits per heavy atom. The van der Waals surface area contributed by atoms with Gasteiger partial charge >= 0.3 is 0 Å². The minimum absolute atomic E-state index is 0.0366. The van der Waals surface area contributed by atoms with E-state index in [4.69, 9.17) is 5.73 Å². The molecule has 0 aliphatic heterocycles. The molecule has 1 rings (SSSR count). The Hall–Kier alpha value is -0.0400. The lowest BCUT2D eigenvalue weighted by Gasteiger charge is -2.21. The van der Waals surface area contributed by atoms with Gasteiger partial charge in [-0.15, -0.1) is 0 Å². The highest BCUT2D eigenvalue weighted by Crippen LogP contribution is 2.28. The quantitative estimate of drug-likeness (QED) is 0.236. The Morgan fingerprint density at radius 3 is 1.33 bits per heavy atom. The molecule has 0 atom stereocenters. The van der Waals surface area contributed by atoms with Crippen molar-refractivity contribution in [3.63, 3.8) is 0 Å². The average Bonchev–Trinajstić information content (AvgIpc) is 2.64. The van der Waals surface area contributed by atoms with Gasteiger partial charge in [0, 0.05) is 5.54 Å². The Labute approximate surface area is 172 Å². The van der Waals surface area contributed by atoms with Gasteiger partial charge in [-0.1, -0.05) is 135 Å². The van der Waals surface area contributed by atoms with Crippen molar-refractivity contribution in [2.24, 2.45) is 11.7 Å². The standard InChI is InChI=1S/C26H53N/c1-26(2,27)24-20-15-13-11-9-7-5-3-4-6-8-10-12-14-17-21-25-22-18-16-19-23-25/h25H,3-24,27H2,1-2H3. The molecule has 1 aliphatic rings. The van der Waals surface area contributed by atoms with Gasteiger partial charge in [-0.25, -0.2) is 0 Å². The van der Waals surface area contributed by atoms with E-state index in [0.29, 0.717) is 0 Å². The largest absolute Gasteiger partial charge is 0.326 e. The van der Waals surface area contributed by atoms with Crippen LogP contribution in [0.15, 0.2) is 0 Å². The normalized spacial score (nSPS) is 16.1. The highest BCUT2D eigenvalue weighted by Gasteiger charge is 2.12. The summed E-state index contributed by atoms with van der Waals surface area (Å²) in [4.78, 5) is 0. The molecule has 1 saturated carbocycles. The molecule has 0 aromatic rings. The first kappa shape index (κ1) is 25.0. The number of unbranched alkanes of at least 4 members (excludes halogenated alkanes) is 14. The van der Waals surface area contributed by atoms with Crippen LogP contribution in [0.2, 0.25) is 0 Å². The molecule has 0 spiro atoms. The monoisotopic (exact) mass is 379 g/mol. The molecule has 0 radical (unpaired) electrons. The summed E-state index contributed by atoms with van der Waals surface area (Å²) in [5.41, 5.74) is 6.06. The molecule has 0 heterocycles. The fourth-order valence-corrected chi connectivity index (χ4v) is 4.79. The van der Waals surface area contributed by atoms with E-state index >= 15 is 0 Å². The third kappa shape index (κ3) is 17.8. The predicted molar refractivity (Wildman–Crippen MR) is 123 cm³/mol. The smallest absolute Gasteiger partial charge is 0.00970 e. The van der Waals surface area contributed by atoms with Crippen molar-refractivity contribution in [3.05, 3.63) is 0 Å². The summed E-state index contributed by atoms with van der Waals surface area (Å²) in [5.74, 6) is 1.09. The second kappa shape index (κ2) is 16.9. The molecule has 27 heavy (non-hydrogen) atoms. The van der Waals surface area contributed by atoms with Gasteiger partial charge in [0.15, 0.2) is 0 Å². The molecule has 1 fully saturated rings. The summed E-state index contributed by atoms with van der Waals surface area (Å²) in [6, 6.07) is 0. The number of nitrogens with two attached hydrogens (primary N) is 1. The van der Waals surface area contributed by atoms with Crippen LogP contribution in [0, 0.1) is 5.92 Å². The van der Waals surface area contributed by atoms with E-state index in [-0.39, 0.29) is 5.54 Å². The number of hydrogen-bond donors (Lipinski definition) is 1. The minimum Gasteiger partial charge on any atom is -0.326 e. The van der Waals surface area contributed by atoms with Crippen molar-refractivity contribution >= 4 is 0 Å². The summed E-state index contributed by atoms with van der Waals surface area (Å²) in [5, 5.41) is 0. The SMILES string of the molecule is CC(C)(N)CCCCCCCCCCCCCCCCCC1CCCCC1. The van der Waals surface area contributed by atoms with Gasteiger partial charge in [-0.3, -0.25) is 0 Å². The van der Waals surface area contributed by atoms with Crippen LogP contribution in [-0.2, 0) is 0 Å². The van der Waals surface area contributed by atoms with Gasteiger partial charge in [-0.2, -0.15) is 0 Å². The summed E-state index contributed by atoms with van der Waals surface area (Å²) in [6.07, 6.45) is 32.1. The Morgan fingerprint density at radius 2 is 0.926 bits per heavy atom. The van der Waals surface area contributed by atoms with Gasteiger partial charge in [0.1, 0.15) is 0 Å². The maximum atomic E-state index is 6.02. The molecular formula is C26H53N. The average molecular weight is 380 g/mol. The summed E-state index contributed by atoms with van der Waals surface area (Å²) in [7, 11) is 0. The number of rotatable bonds is 18. The molecule has 2 N–H and O–H groups in total. The van der Waals surface area contributed by atoms with Crippen LogP contribution in [0.5, 0.6) is 0 Å². The zero-order chi connectivity index (χ0) is 19.6. The van der Waals surface area contributed by atoms with E-state index in [2.05, 4.69) is 13.8 Å². The van der Waals surface area contributed by atoms with Crippen molar-refractivity contribution in [2.45, 2.75) is 161 Å². The Balaban J connectivity index is 1.67. The van der Waals surface area contributed by atoms with E-state index in [1.807, 2.05) is 0 Å². The maximum absolute atomic E-state index is 6.02. The van der Waals surface area contributed by atoms with Gasteiger partial charge in [0.2, 0.25) is 0 Å². The van der Waals surface area contributed by atoms with Gasteiger partial charge in [0.05, 0.1) is 0 Å². The first-order valence-corrected chi connectivity index (χ1v) is 12.9. The highest BCUT2D eigenvalue weighted by atomic mass is 14.7. The van der Waals surface area contributed by atoms with Crippen LogP contribution in [0.25, 0.3) is 0 Å². The molecule has 162 valence electrons. The second-order valence-electron chi connectivity index (χ2n) is 10.3. The Kier molecular flexibility index (Phi) is 15.6. The molecule has 0 amide bonds. The fraction of sp³-hybridized carbons (Fsp3) is 1.00. The highest BCUT2D eigenvalue weighted by molar-refractivity contribution is 4.70. The van der Waals surface area contributed by atoms with Crippen LogP contribution >= 0.6 is 0 Å². The van der Waals surface area contributed by atoms with Crippen LogP contribution < -0.4 is 5.73 Å². The lowest BCUT2D eigenvalue weighted by atomic mass is 9.85. The van der Waals surface area contributed by atoms with Crippen LogP contribution in [0.3, 0.4) is 0 Å². The predicted octanol–water partition coefficient (Wildman–Crippen LogP) is 8.94. The molecule has 0 bridgehead atoms. The molecule has 0 saturated heterocycles. The third-order valence-electron chi connectivity index (χ3n) is 6.66. The van der Waals surface area contributed by atoms with E-state index in [1.54, 1.807) is 0 Å². The first-order valence-electron chi connectivity index (χ1n) is 12.9. The molecule has 1 aliphatic carbocycles. The van der Waals surface area contributed by atoms with E-state index < -0.39 is 0 Å². The minimum atomic E-state index is 0.0366. The molecule has 0 aromatic heterocycles. The lowest BCUT2D eigenvalue weighted by Crippen LogP contribution is -2.31. The zero-order valence-electron chi connectivity index (χ0n) is 19.2. The second-order valence-corrected chi connectivity index (χ2v) is 10.3. The molecule has 1 heteroatoms. The Bertz CT molecular complexity index is 298. The van der Waals surface area contributed by atoms with E-state index in [9.17, 15) is 0 Å². The van der Waals surface area contributed by atoms with Crippen molar-refractivity contribution in [1.29, 1.82) is 0 Å². The van der Waals surface area contributed by atoms with Crippen LogP contribution in [0.1, 0.15) is 155 Å². The lowest BCUT2D eigenvalue weighted by molar-refractivity contribution is 0.328. The summed E-state index contributed by atoms with van der Waals surface area (Å²) >= 11 is 0. The van der Waals surface area contributed by atoms with E-state index in [0.717, 1.165) is 5.92 Å². The van der Waals surface area contributed by atoms with Crippen molar-refractivity contribution in [2.75, 3.05) is 0 Å². The van der Waals surface area contributed by atoms with Crippen molar-refractivity contribution < 1.29 is 0 Å². The summed E-state index contributed by atoms with van der Waals surface area (Å²) < 4.78 is 0. The number of hydrogen-bond acceptors (Lipinski definition) is 1. The zero-order valence-corrected chi connectivity index (χ0v) is 19.2. The van der Waals surface area contributed by atoms with Crippen molar-refractivity contribution in [3.8, 4) is 0 Å². The first-order chi connectivity index (χ1) is 13.1. The van der Waals surface area contributed by atoms with E-state index in [1.165, 1.54) is 141 Å². The van der Waals surface area contributed by atoms with Gasteiger partial charge in [0.25, 0.3) is 0 Å². The maximum Gasteiger partial charge on any atom is 0.00970 e. The molecular weight excluding hydrogens is 326 g/mol. The van der Waals surface area contributed by atoms with Crippen LogP contribution in [-0.4, -0.2) is 5.54 Å². The van der Waals surface area contributed by atoms with Crippen LogP contribution in [0.4, 0.5) is 0 Å². The van der Waals surface area contributed by atoms with Crippen molar-refractivity contribution in [1.82, 2.24) is 0 Å². The molecule has 1 nitrogen and oxygen atoms in total. The fourth-order valence-electron chi connectivity index (χ4n) is 4.79. The topological polar surface area (TPSA) is 26.0 Å². The molecule has 0 unspecified atom stereocenters. The summed E-state index contributed by atoms with van der Waals surface area (Å²) in [6.45, 7) is 4.29. The third-order valence-corrected chi connectivity index (χ3v) is 6.66. The molecule has 0 aromatic carbocycles.